The molecular formula is C28H57N5O. The summed E-state index contributed by atoms with van der Waals surface area (Å²) in [4.78, 5) is 13.4. The minimum atomic E-state index is 0.240. The number of ether oxygens (including phenoxy) is 1. The van der Waals surface area contributed by atoms with Gasteiger partial charge >= 0.3 is 0 Å². The normalized spacial score (nSPS) is 27.4. The number of likely N-dealkylation sites (N-methyl/N-ethyl adjacent to an activating group) is 1. The van der Waals surface area contributed by atoms with Gasteiger partial charge in [-0.1, -0.05) is 27.7 Å². The first kappa shape index (κ1) is 28.3. The van der Waals surface area contributed by atoms with E-state index in [0.29, 0.717) is 12.0 Å². The lowest BCUT2D eigenvalue weighted by Crippen LogP contribution is -2.62. The van der Waals surface area contributed by atoms with Crippen molar-refractivity contribution in [3.8, 4) is 0 Å². The first-order valence-electron chi connectivity index (χ1n) is 14.3. The smallest absolute Gasteiger partial charge is 0.0594 e. The third kappa shape index (κ3) is 8.41. The summed E-state index contributed by atoms with van der Waals surface area (Å²) in [5, 5.41) is 0. The Hall–Kier alpha value is -0.240. The average Bonchev–Trinajstić information content (AvgIpc) is 2.78. The number of hydrogen-bond donors (Lipinski definition) is 0. The Kier molecular flexibility index (Phi) is 11.1. The Balaban J connectivity index is 1.50. The van der Waals surface area contributed by atoms with Gasteiger partial charge in [-0.3, -0.25) is 9.80 Å². The summed E-state index contributed by atoms with van der Waals surface area (Å²) in [5.41, 5.74) is 0.240. The summed E-state index contributed by atoms with van der Waals surface area (Å²) < 4.78 is 5.56. The van der Waals surface area contributed by atoms with E-state index < -0.39 is 0 Å². The van der Waals surface area contributed by atoms with E-state index in [1.807, 2.05) is 0 Å². The van der Waals surface area contributed by atoms with Crippen LogP contribution in [0, 0.1) is 17.8 Å². The molecule has 0 aromatic heterocycles. The van der Waals surface area contributed by atoms with Gasteiger partial charge in [0.1, 0.15) is 0 Å². The third-order valence-corrected chi connectivity index (χ3v) is 8.95. The van der Waals surface area contributed by atoms with Gasteiger partial charge in [0, 0.05) is 83.6 Å². The summed E-state index contributed by atoms with van der Waals surface area (Å²) in [6, 6.07) is 0.659. The maximum Gasteiger partial charge on any atom is 0.0594 e. The molecule has 3 unspecified atom stereocenters. The monoisotopic (exact) mass is 479 g/mol. The van der Waals surface area contributed by atoms with E-state index >= 15 is 0 Å². The fourth-order valence-electron chi connectivity index (χ4n) is 6.46. The van der Waals surface area contributed by atoms with E-state index in [1.54, 1.807) is 0 Å². The zero-order valence-corrected chi connectivity index (χ0v) is 23.8. The Morgan fingerprint density at radius 1 is 0.794 bits per heavy atom. The molecule has 3 aliphatic rings. The minimum absolute atomic E-state index is 0.240. The molecule has 0 radical (unpaired) electrons. The maximum atomic E-state index is 5.56. The fourth-order valence-corrected chi connectivity index (χ4v) is 6.46. The Morgan fingerprint density at radius 2 is 1.41 bits per heavy atom. The second-order valence-corrected chi connectivity index (χ2v) is 12.7. The Morgan fingerprint density at radius 3 is 2.06 bits per heavy atom. The van der Waals surface area contributed by atoms with Crippen molar-refractivity contribution in [2.45, 2.75) is 66.0 Å². The lowest BCUT2D eigenvalue weighted by Gasteiger charge is -2.52. The summed E-state index contributed by atoms with van der Waals surface area (Å²) in [7, 11) is 2.31. The molecule has 3 aliphatic heterocycles. The number of nitrogens with zero attached hydrogens (tertiary/aromatic N) is 5. The molecule has 3 atom stereocenters. The molecule has 0 aliphatic carbocycles. The summed E-state index contributed by atoms with van der Waals surface area (Å²) in [6.45, 7) is 31.1. The van der Waals surface area contributed by atoms with Crippen LogP contribution < -0.4 is 0 Å². The van der Waals surface area contributed by atoms with Gasteiger partial charge in [0.05, 0.1) is 13.2 Å². The highest BCUT2D eigenvalue weighted by molar-refractivity contribution is 4.95. The number of piperazine rings is 2. The van der Waals surface area contributed by atoms with Gasteiger partial charge in [-0.15, -0.1) is 0 Å². The van der Waals surface area contributed by atoms with Gasteiger partial charge in [0.2, 0.25) is 0 Å². The van der Waals surface area contributed by atoms with Crippen LogP contribution in [0.15, 0.2) is 0 Å². The molecule has 3 saturated heterocycles. The molecule has 6 nitrogen and oxygen atoms in total. The molecule has 3 heterocycles. The standard InChI is InChI=1S/C28H57N5O/c1-24(2)21-31-13-11-30(12-14-31)9-8-26(4)28(5,6)33-15-10-29(7)23-27(33)20-25(3)22-32-16-18-34-19-17-32/h24-27H,8-23H2,1-7H3. The van der Waals surface area contributed by atoms with Crippen LogP contribution in [-0.2, 0) is 4.74 Å². The predicted molar refractivity (Wildman–Crippen MR) is 145 cm³/mol. The molecule has 0 saturated carbocycles. The Bertz CT molecular complexity index is 571. The van der Waals surface area contributed by atoms with Crippen molar-refractivity contribution in [1.82, 2.24) is 24.5 Å². The van der Waals surface area contributed by atoms with E-state index in [2.05, 4.69) is 73.1 Å². The van der Waals surface area contributed by atoms with Crippen molar-refractivity contribution in [2.24, 2.45) is 17.8 Å². The van der Waals surface area contributed by atoms with Crippen LogP contribution in [-0.4, -0.2) is 135 Å². The molecule has 6 heteroatoms. The van der Waals surface area contributed by atoms with E-state index in [4.69, 9.17) is 4.74 Å². The highest BCUT2D eigenvalue weighted by Crippen LogP contribution is 2.33. The highest BCUT2D eigenvalue weighted by Gasteiger charge is 2.39. The van der Waals surface area contributed by atoms with Crippen LogP contribution in [0.2, 0.25) is 0 Å². The average molecular weight is 480 g/mol. The van der Waals surface area contributed by atoms with Crippen LogP contribution in [0.1, 0.15) is 54.4 Å². The Labute approximate surface area is 211 Å². The van der Waals surface area contributed by atoms with E-state index in [1.165, 1.54) is 78.3 Å². The second-order valence-electron chi connectivity index (χ2n) is 12.7. The molecule has 0 amide bonds. The van der Waals surface area contributed by atoms with Crippen molar-refractivity contribution in [3.05, 3.63) is 0 Å². The van der Waals surface area contributed by atoms with Crippen molar-refractivity contribution in [3.63, 3.8) is 0 Å². The molecule has 3 rings (SSSR count). The zero-order chi connectivity index (χ0) is 24.7. The maximum absolute atomic E-state index is 5.56. The largest absolute Gasteiger partial charge is 0.379 e. The first-order valence-corrected chi connectivity index (χ1v) is 14.3. The molecule has 34 heavy (non-hydrogen) atoms. The van der Waals surface area contributed by atoms with E-state index in [-0.39, 0.29) is 5.54 Å². The lowest BCUT2D eigenvalue weighted by molar-refractivity contribution is -0.0324. The number of morpholine rings is 1. The van der Waals surface area contributed by atoms with Crippen molar-refractivity contribution in [2.75, 3.05) is 98.8 Å². The highest BCUT2D eigenvalue weighted by atomic mass is 16.5. The quantitative estimate of drug-likeness (QED) is 0.452. The van der Waals surface area contributed by atoms with Crippen molar-refractivity contribution in [1.29, 1.82) is 0 Å². The molecule has 0 aromatic carbocycles. The first-order chi connectivity index (χ1) is 16.1. The molecule has 0 aromatic rings. The van der Waals surface area contributed by atoms with Crippen LogP contribution in [0.5, 0.6) is 0 Å². The van der Waals surface area contributed by atoms with E-state index in [9.17, 15) is 0 Å². The van der Waals surface area contributed by atoms with Gasteiger partial charge in [0.25, 0.3) is 0 Å². The molecular weight excluding hydrogens is 422 g/mol. The van der Waals surface area contributed by atoms with Crippen molar-refractivity contribution >= 4 is 0 Å². The molecule has 200 valence electrons. The summed E-state index contributed by atoms with van der Waals surface area (Å²) >= 11 is 0. The predicted octanol–water partition coefficient (Wildman–Crippen LogP) is 3.04. The molecule has 0 N–H and O–H groups in total. The van der Waals surface area contributed by atoms with Gasteiger partial charge in [0.15, 0.2) is 0 Å². The topological polar surface area (TPSA) is 25.4 Å². The minimum Gasteiger partial charge on any atom is -0.379 e. The van der Waals surface area contributed by atoms with Gasteiger partial charge in [-0.2, -0.15) is 0 Å². The zero-order valence-electron chi connectivity index (χ0n) is 23.8. The molecule has 0 bridgehead atoms. The summed E-state index contributed by atoms with van der Waals surface area (Å²) in [6.07, 6.45) is 2.61. The second kappa shape index (κ2) is 13.3. The van der Waals surface area contributed by atoms with Gasteiger partial charge in [-0.05, 0) is 58.0 Å². The third-order valence-electron chi connectivity index (χ3n) is 8.95. The molecule has 0 spiro atoms. The van der Waals surface area contributed by atoms with Crippen LogP contribution >= 0.6 is 0 Å². The van der Waals surface area contributed by atoms with Crippen LogP contribution in [0.4, 0.5) is 0 Å². The number of hydrogen-bond acceptors (Lipinski definition) is 6. The van der Waals surface area contributed by atoms with Crippen LogP contribution in [0.3, 0.4) is 0 Å². The van der Waals surface area contributed by atoms with E-state index in [0.717, 1.165) is 38.1 Å². The lowest BCUT2D eigenvalue weighted by atomic mass is 9.81. The number of rotatable bonds is 11. The van der Waals surface area contributed by atoms with Crippen LogP contribution in [0.25, 0.3) is 0 Å². The van der Waals surface area contributed by atoms with Gasteiger partial charge < -0.3 is 19.4 Å². The molecule has 3 fully saturated rings. The van der Waals surface area contributed by atoms with Gasteiger partial charge in [-0.25, -0.2) is 0 Å². The fraction of sp³-hybridized carbons (Fsp3) is 1.00. The SMILES string of the molecule is CC(C)CN1CCN(CCC(C)C(C)(C)N2CCN(C)CC2CC(C)CN2CCOCC2)CC1. The summed E-state index contributed by atoms with van der Waals surface area (Å²) in [5.74, 6) is 2.20. The van der Waals surface area contributed by atoms with Crippen molar-refractivity contribution < 1.29 is 4.74 Å².